The topological polar surface area (TPSA) is 73.2 Å². The number of aromatic nitrogens is 2. The molecule has 0 radical (unpaired) electrons. The van der Waals surface area contributed by atoms with Gasteiger partial charge in [0.15, 0.2) is 6.61 Å². The van der Waals surface area contributed by atoms with E-state index >= 15 is 0 Å². The normalized spacial score (nSPS) is 14.0. The summed E-state index contributed by atoms with van der Waals surface area (Å²) in [5, 5.41) is 2.56. The van der Waals surface area contributed by atoms with Crippen molar-refractivity contribution in [1.82, 2.24) is 9.55 Å². The Morgan fingerprint density at radius 1 is 1.30 bits per heavy atom. The van der Waals surface area contributed by atoms with Gasteiger partial charge in [-0.15, -0.1) is 0 Å². The summed E-state index contributed by atoms with van der Waals surface area (Å²) in [5.41, 5.74) is -1.56. The number of ether oxygens (including phenoxy) is 1. The lowest BCUT2D eigenvalue weighted by Gasteiger charge is -2.18. The number of fused-ring (bicyclic) bond motifs is 1. The quantitative estimate of drug-likeness (QED) is 0.868. The molecule has 0 saturated heterocycles. The minimum atomic E-state index is -4.67. The van der Waals surface area contributed by atoms with E-state index < -0.39 is 17.4 Å². The van der Waals surface area contributed by atoms with E-state index in [0.717, 1.165) is 7.05 Å². The zero-order valence-electron chi connectivity index (χ0n) is 11.8. The Balaban J connectivity index is 2.10. The minimum Gasteiger partial charge on any atom is -0.482 e. The van der Waals surface area contributed by atoms with Gasteiger partial charge in [-0.05, 0) is 18.2 Å². The van der Waals surface area contributed by atoms with E-state index in [1.807, 2.05) is 0 Å². The third-order valence-electron chi connectivity index (χ3n) is 3.36. The third-order valence-corrected chi connectivity index (χ3v) is 3.36. The number of amides is 1. The van der Waals surface area contributed by atoms with Gasteiger partial charge in [0.2, 0.25) is 0 Å². The molecule has 0 spiro atoms. The molecule has 3 rings (SSSR count). The van der Waals surface area contributed by atoms with Crippen LogP contribution in [-0.2, 0) is 18.0 Å². The monoisotopic (exact) mass is 325 g/mol. The lowest BCUT2D eigenvalue weighted by molar-refractivity contribution is -0.144. The number of alkyl halides is 3. The van der Waals surface area contributed by atoms with Crippen molar-refractivity contribution >= 4 is 11.6 Å². The minimum absolute atomic E-state index is 0.118. The van der Waals surface area contributed by atoms with Gasteiger partial charge in [0.05, 0.1) is 11.9 Å². The fourth-order valence-corrected chi connectivity index (χ4v) is 2.23. The molecule has 0 unspecified atom stereocenters. The lowest BCUT2D eigenvalue weighted by atomic mass is 10.1. The van der Waals surface area contributed by atoms with Crippen molar-refractivity contribution in [2.45, 2.75) is 6.18 Å². The van der Waals surface area contributed by atoms with Crippen LogP contribution in [0.1, 0.15) is 5.69 Å². The van der Waals surface area contributed by atoms with E-state index in [1.165, 1.54) is 18.2 Å². The Kier molecular flexibility index (Phi) is 3.35. The van der Waals surface area contributed by atoms with Crippen LogP contribution in [0.2, 0.25) is 0 Å². The van der Waals surface area contributed by atoms with Crippen molar-refractivity contribution < 1.29 is 22.7 Å². The summed E-state index contributed by atoms with van der Waals surface area (Å²) in [4.78, 5) is 27.1. The van der Waals surface area contributed by atoms with Crippen LogP contribution in [0.5, 0.6) is 5.75 Å². The molecule has 0 fully saturated rings. The maximum Gasteiger partial charge on any atom is 0.433 e. The molecule has 1 N–H and O–H groups in total. The standard InChI is InChI=1S/C14H10F3N3O3/c1-20-10(14(15,16)17)5-18-12(13(20)22)7-2-3-9-8(4-7)19-11(21)6-23-9/h2-5H,6H2,1H3,(H,19,21). The molecule has 0 saturated carbocycles. The largest absolute Gasteiger partial charge is 0.482 e. The first-order valence-corrected chi connectivity index (χ1v) is 6.47. The second-order valence-electron chi connectivity index (χ2n) is 4.90. The molecule has 0 bridgehead atoms. The smallest absolute Gasteiger partial charge is 0.433 e. The van der Waals surface area contributed by atoms with Gasteiger partial charge in [-0.1, -0.05) is 0 Å². The number of hydrogen-bond acceptors (Lipinski definition) is 4. The summed E-state index contributed by atoms with van der Waals surface area (Å²) in [7, 11) is 1.03. The Bertz CT molecular complexity index is 859. The van der Waals surface area contributed by atoms with Crippen LogP contribution in [-0.4, -0.2) is 22.1 Å². The van der Waals surface area contributed by atoms with Gasteiger partial charge in [0.1, 0.15) is 17.1 Å². The van der Waals surface area contributed by atoms with Crippen LogP contribution >= 0.6 is 0 Å². The highest BCUT2D eigenvalue weighted by Crippen LogP contribution is 2.32. The van der Waals surface area contributed by atoms with E-state index in [2.05, 4.69) is 10.3 Å². The summed E-state index contributed by atoms with van der Waals surface area (Å²) in [5.74, 6) is 0.0556. The Morgan fingerprint density at radius 3 is 2.74 bits per heavy atom. The SMILES string of the molecule is Cn1c(C(F)(F)F)cnc(-c2ccc3c(c2)NC(=O)CO3)c1=O. The molecular weight excluding hydrogens is 315 g/mol. The van der Waals surface area contributed by atoms with Crippen molar-refractivity contribution in [3.63, 3.8) is 0 Å². The van der Waals surface area contributed by atoms with Gasteiger partial charge in [-0.2, -0.15) is 13.2 Å². The van der Waals surface area contributed by atoms with Crippen LogP contribution in [0.4, 0.5) is 18.9 Å². The average Bonchev–Trinajstić information content (AvgIpc) is 2.48. The summed E-state index contributed by atoms with van der Waals surface area (Å²) in [6.45, 7) is -0.118. The fraction of sp³-hybridized carbons (Fsp3) is 0.214. The first-order valence-electron chi connectivity index (χ1n) is 6.47. The summed E-state index contributed by atoms with van der Waals surface area (Å²) in [6.07, 6.45) is -4.07. The molecule has 6 nitrogen and oxygen atoms in total. The molecule has 1 aliphatic heterocycles. The highest BCUT2D eigenvalue weighted by Gasteiger charge is 2.34. The van der Waals surface area contributed by atoms with Crippen molar-refractivity contribution in [3.8, 4) is 17.0 Å². The van der Waals surface area contributed by atoms with Crippen LogP contribution in [0.25, 0.3) is 11.3 Å². The van der Waals surface area contributed by atoms with Crippen LogP contribution in [0, 0.1) is 0 Å². The molecule has 23 heavy (non-hydrogen) atoms. The zero-order valence-corrected chi connectivity index (χ0v) is 11.8. The number of rotatable bonds is 1. The van der Waals surface area contributed by atoms with Crippen LogP contribution in [0.3, 0.4) is 0 Å². The first kappa shape index (κ1) is 15.1. The maximum absolute atomic E-state index is 12.8. The maximum atomic E-state index is 12.8. The molecule has 0 atom stereocenters. The number of halogens is 3. The van der Waals surface area contributed by atoms with Gasteiger partial charge >= 0.3 is 6.18 Å². The van der Waals surface area contributed by atoms with Crippen molar-refractivity contribution in [2.24, 2.45) is 7.05 Å². The van der Waals surface area contributed by atoms with Gasteiger partial charge in [-0.3, -0.25) is 9.59 Å². The number of hydrogen-bond donors (Lipinski definition) is 1. The van der Waals surface area contributed by atoms with Crippen LogP contribution < -0.4 is 15.6 Å². The van der Waals surface area contributed by atoms with E-state index in [0.29, 0.717) is 22.2 Å². The molecule has 2 heterocycles. The number of carbonyl (C=O) groups is 1. The predicted molar refractivity (Wildman–Crippen MR) is 74.0 cm³/mol. The number of benzene rings is 1. The van der Waals surface area contributed by atoms with Crippen molar-refractivity contribution in [1.29, 1.82) is 0 Å². The molecular formula is C14H10F3N3O3. The molecule has 120 valence electrons. The summed E-state index contributed by atoms with van der Waals surface area (Å²) >= 11 is 0. The van der Waals surface area contributed by atoms with E-state index in [1.54, 1.807) is 0 Å². The third kappa shape index (κ3) is 2.65. The zero-order chi connectivity index (χ0) is 16.8. The Morgan fingerprint density at radius 2 is 2.04 bits per heavy atom. The fourth-order valence-electron chi connectivity index (χ4n) is 2.23. The lowest BCUT2D eigenvalue weighted by Crippen LogP contribution is -2.28. The van der Waals surface area contributed by atoms with E-state index in [4.69, 9.17) is 4.74 Å². The number of carbonyl (C=O) groups excluding carboxylic acids is 1. The average molecular weight is 325 g/mol. The second-order valence-corrected chi connectivity index (χ2v) is 4.90. The Labute approximate surface area is 127 Å². The molecule has 1 aromatic heterocycles. The number of nitrogens with one attached hydrogen (secondary N) is 1. The predicted octanol–water partition coefficient (Wildman–Crippen LogP) is 1.80. The second kappa shape index (κ2) is 5.11. The van der Waals surface area contributed by atoms with Gasteiger partial charge in [-0.25, -0.2) is 4.98 Å². The van der Waals surface area contributed by atoms with Gasteiger partial charge < -0.3 is 14.6 Å². The first-order chi connectivity index (χ1) is 10.8. The molecule has 9 heteroatoms. The Hall–Kier alpha value is -2.84. The molecule has 1 aromatic carbocycles. The number of anilines is 1. The molecule has 1 aliphatic rings. The summed E-state index contributed by atoms with van der Waals surface area (Å²) < 4.78 is 44.0. The molecule has 2 aromatic rings. The van der Waals surface area contributed by atoms with E-state index in [-0.39, 0.29) is 23.8 Å². The number of nitrogens with zero attached hydrogens (tertiary/aromatic N) is 2. The summed E-state index contributed by atoms with van der Waals surface area (Å²) in [6, 6.07) is 4.44. The highest BCUT2D eigenvalue weighted by molar-refractivity contribution is 5.96. The van der Waals surface area contributed by atoms with Crippen LogP contribution in [0.15, 0.2) is 29.2 Å². The molecule has 1 amide bonds. The van der Waals surface area contributed by atoms with Crippen molar-refractivity contribution in [2.75, 3.05) is 11.9 Å². The highest BCUT2D eigenvalue weighted by atomic mass is 19.4. The van der Waals surface area contributed by atoms with Crippen molar-refractivity contribution in [3.05, 3.63) is 40.4 Å². The molecule has 0 aliphatic carbocycles. The van der Waals surface area contributed by atoms with E-state index in [9.17, 15) is 22.8 Å². The van der Waals surface area contributed by atoms with Gasteiger partial charge in [0, 0.05) is 12.6 Å². The van der Waals surface area contributed by atoms with Gasteiger partial charge in [0.25, 0.3) is 11.5 Å².